The third-order valence-electron chi connectivity index (χ3n) is 2.16. The predicted octanol–water partition coefficient (Wildman–Crippen LogP) is 2.53. The molecule has 0 unspecified atom stereocenters. The maximum Gasteiger partial charge on any atom is 0.0230 e. The van der Waals surface area contributed by atoms with Crippen LogP contribution < -0.4 is 0 Å². The van der Waals surface area contributed by atoms with E-state index in [-0.39, 0.29) is 0 Å². The SMILES string of the molecule is C#CCCCN(C)Cc1ccccc1. The molecule has 0 radical (unpaired) electrons. The van der Waals surface area contributed by atoms with Crippen LogP contribution in [0.1, 0.15) is 18.4 Å². The largest absolute Gasteiger partial charge is 0.302 e. The van der Waals surface area contributed by atoms with E-state index in [1.54, 1.807) is 0 Å². The van der Waals surface area contributed by atoms with Gasteiger partial charge in [0, 0.05) is 13.0 Å². The summed E-state index contributed by atoms with van der Waals surface area (Å²) in [6.07, 6.45) is 7.16. The van der Waals surface area contributed by atoms with Gasteiger partial charge in [0.2, 0.25) is 0 Å². The molecule has 1 aromatic carbocycles. The fraction of sp³-hybridized carbons (Fsp3) is 0.385. The van der Waals surface area contributed by atoms with E-state index in [1.165, 1.54) is 5.56 Å². The minimum atomic E-state index is 0.874. The number of benzene rings is 1. The maximum atomic E-state index is 5.20. The number of unbranched alkanes of at least 4 members (excludes halogenated alkanes) is 1. The smallest absolute Gasteiger partial charge is 0.0230 e. The molecule has 0 aromatic heterocycles. The second-order valence-corrected chi connectivity index (χ2v) is 3.53. The first-order valence-corrected chi connectivity index (χ1v) is 4.99. The number of hydrogen-bond donors (Lipinski definition) is 0. The van der Waals surface area contributed by atoms with E-state index in [0.717, 1.165) is 25.9 Å². The summed E-state index contributed by atoms with van der Waals surface area (Å²) < 4.78 is 0. The second-order valence-electron chi connectivity index (χ2n) is 3.53. The first-order valence-electron chi connectivity index (χ1n) is 4.99. The molecule has 0 saturated heterocycles. The summed E-state index contributed by atoms with van der Waals surface area (Å²) in [6, 6.07) is 10.5. The Morgan fingerprint density at radius 3 is 2.64 bits per heavy atom. The van der Waals surface area contributed by atoms with Crippen LogP contribution in [-0.4, -0.2) is 18.5 Å². The van der Waals surface area contributed by atoms with E-state index in [4.69, 9.17) is 6.42 Å². The van der Waals surface area contributed by atoms with E-state index in [9.17, 15) is 0 Å². The molecule has 0 amide bonds. The first-order chi connectivity index (χ1) is 6.83. The van der Waals surface area contributed by atoms with Gasteiger partial charge in [-0.3, -0.25) is 0 Å². The highest BCUT2D eigenvalue weighted by Gasteiger charge is 1.98. The van der Waals surface area contributed by atoms with Crippen molar-refractivity contribution in [1.29, 1.82) is 0 Å². The minimum Gasteiger partial charge on any atom is -0.302 e. The van der Waals surface area contributed by atoms with Crippen LogP contribution in [0, 0.1) is 12.3 Å². The molecule has 74 valence electrons. The Bertz CT molecular complexity index is 284. The summed E-state index contributed by atoms with van der Waals surface area (Å²) in [7, 11) is 2.13. The van der Waals surface area contributed by atoms with Crippen molar-refractivity contribution in [2.75, 3.05) is 13.6 Å². The lowest BCUT2D eigenvalue weighted by Gasteiger charge is -2.15. The van der Waals surface area contributed by atoms with Crippen molar-refractivity contribution in [3.8, 4) is 12.3 Å². The van der Waals surface area contributed by atoms with Gasteiger partial charge < -0.3 is 4.90 Å². The Kier molecular flexibility index (Phi) is 4.82. The summed E-state index contributed by atoms with van der Waals surface area (Å²) in [5, 5.41) is 0. The monoisotopic (exact) mass is 187 g/mol. The van der Waals surface area contributed by atoms with Crippen molar-refractivity contribution in [2.24, 2.45) is 0 Å². The van der Waals surface area contributed by atoms with Gasteiger partial charge in [-0.2, -0.15) is 0 Å². The number of nitrogens with zero attached hydrogens (tertiary/aromatic N) is 1. The summed E-state index contributed by atoms with van der Waals surface area (Å²) in [5.74, 6) is 2.66. The van der Waals surface area contributed by atoms with Crippen LogP contribution in [0.15, 0.2) is 30.3 Å². The van der Waals surface area contributed by atoms with Crippen molar-refractivity contribution in [3.63, 3.8) is 0 Å². The summed E-state index contributed by atoms with van der Waals surface area (Å²) >= 11 is 0. The van der Waals surface area contributed by atoms with Crippen LogP contribution in [0.3, 0.4) is 0 Å². The maximum absolute atomic E-state index is 5.20. The second kappa shape index (κ2) is 6.23. The molecule has 0 atom stereocenters. The highest BCUT2D eigenvalue weighted by molar-refractivity contribution is 5.14. The Hall–Kier alpha value is -1.26. The van der Waals surface area contributed by atoms with Gasteiger partial charge in [0.1, 0.15) is 0 Å². The molecule has 1 aromatic rings. The molecule has 14 heavy (non-hydrogen) atoms. The van der Waals surface area contributed by atoms with E-state index < -0.39 is 0 Å². The van der Waals surface area contributed by atoms with Crippen LogP contribution in [0.2, 0.25) is 0 Å². The van der Waals surface area contributed by atoms with Gasteiger partial charge in [-0.25, -0.2) is 0 Å². The van der Waals surface area contributed by atoms with Gasteiger partial charge in [-0.05, 0) is 25.6 Å². The predicted molar refractivity (Wildman–Crippen MR) is 60.8 cm³/mol. The Labute approximate surface area is 86.7 Å². The van der Waals surface area contributed by atoms with Crippen molar-refractivity contribution in [2.45, 2.75) is 19.4 Å². The Morgan fingerprint density at radius 2 is 2.00 bits per heavy atom. The zero-order valence-electron chi connectivity index (χ0n) is 8.74. The summed E-state index contributed by atoms with van der Waals surface area (Å²) in [5.41, 5.74) is 1.36. The third-order valence-corrected chi connectivity index (χ3v) is 2.16. The van der Waals surface area contributed by atoms with Gasteiger partial charge in [0.15, 0.2) is 0 Å². The standard InChI is InChI=1S/C13H17N/c1-3-4-8-11-14(2)12-13-9-6-5-7-10-13/h1,5-7,9-10H,4,8,11-12H2,2H3. The third kappa shape index (κ3) is 4.11. The molecule has 1 rings (SSSR count). The number of terminal acetylenes is 1. The normalized spacial score (nSPS) is 10.1. The quantitative estimate of drug-likeness (QED) is 0.506. The lowest BCUT2D eigenvalue weighted by Crippen LogP contribution is -2.18. The minimum absolute atomic E-state index is 0.874. The molecule has 0 fully saturated rings. The summed E-state index contributed by atoms with van der Waals surface area (Å²) in [6.45, 7) is 2.07. The molecule has 1 heteroatoms. The molecule has 0 N–H and O–H groups in total. The zero-order valence-corrected chi connectivity index (χ0v) is 8.74. The van der Waals surface area contributed by atoms with Gasteiger partial charge in [0.05, 0.1) is 0 Å². The molecule has 0 bridgehead atoms. The van der Waals surface area contributed by atoms with Gasteiger partial charge >= 0.3 is 0 Å². The highest BCUT2D eigenvalue weighted by Crippen LogP contribution is 2.03. The zero-order chi connectivity index (χ0) is 10.2. The Balaban J connectivity index is 2.28. The van der Waals surface area contributed by atoms with Crippen LogP contribution in [-0.2, 0) is 6.54 Å². The molecule has 0 saturated carbocycles. The van der Waals surface area contributed by atoms with Crippen molar-refractivity contribution >= 4 is 0 Å². The molecule has 0 aliphatic carbocycles. The van der Waals surface area contributed by atoms with E-state index in [1.807, 2.05) is 6.07 Å². The molecular formula is C13H17N. The molecule has 0 heterocycles. The average molecular weight is 187 g/mol. The fourth-order valence-electron chi connectivity index (χ4n) is 1.43. The Morgan fingerprint density at radius 1 is 1.29 bits per heavy atom. The van der Waals surface area contributed by atoms with E-state index in [0.29, 0.717) is 0 Å². The van der Waals surface area contributed by atoms with E-state index >= 15 is 0 Å². The number of rotatable bonds is 5. The lowest BCUT2D eigenvalue weighted by atomic mass is 10.2. The van der Waals surface area contributed by atoms with Crippen molar-refractivity contribution < 1.29 is 0 Å². The van der Waals surface area contributed by atoms with Gasteiger partial charge in [-0.1, -0.05) is 30.3 Å². The topological polar surface area (TPSA) is 3.24 Å². The molecule has 0 aliphatic heterocycles. The van der Waals surface area contributed by atoms with Gasteiger partial charge in [0.25, 0.3) is 0 Å². The summed E-state index contributed by atoms with van der Waals surface area (Å²) in [4.78, 5) is 2.30. The van der Waals surface area contributed by atoms with E-state index in [2.05, 4.69) is 42.1 Å². The fourth-order valence-corrected chi connectivity index (χ4v) is 1.43. The highest BCUT2D eigenvalue weighted by atomic mass is 15.1. The van der Waals surface area contributed by atoms with Crippen molar-refractivity contribution in [1.82, 2.24) is 4.90 Å². The molecule has 1 nitrogen and oxygen atoms in total. The van der Waals surface area contributed by atoms with Crippen LogP contribution in [0.4, 0.5) is 0 Å². The average Bonchev–Trinajstić information content (AvgIpc) is 2.20. The first kappa shape index (κ1) is 10.8. The molecular weight excluding hydrogens is 170 g/mol. The molecule has 0 aliphatic rings. The van der Waals surface area contributed by atoms with Crippen molar-refractivity contribution in [3.05, 3.63) is 35.9 Å². The lowest BCUT2D eigenvalue weighted by molar-refractivity contribution is 0.324. The number of hydrogen-bond acceptors (Lipinski definition) is 1. The van der Waals surface area contributed by atoms with Crippen LogP contribution >= 0.6 is 0 Å². The van der Waals surface area contributed by atoms with Gasteiger partial charge in [-0.15, -0.1) is 12.3 Å². The van der Waals surface area contributed by atoms with Crippen LogP contribution in [0.25, 0.3) is 0 Å². The van der Waals surface area contributed by atoms with Crippen LogP contribution in [0.5, 0.6) is 0 Å². The molecule has 0 spiro atoms.